The molecule has 0 spiro atoms. The van der Waals surface area contributed by atoms with Crippen LogP contribution < -0.4 is 5.32 Å². The largest absolute Gasteiger partial charge is 0.301 e. The van der Waals surface area contributed by atoms with Crippen LogP contribution in [0.25, 0.3) is 0 Å². The van der Waals surface area contributed by atoms with Crippen molar-refractivity contribution in [2.45, 2.75) is 16.2 Å². The Morgan fingerprint density at radius 1 is 1.35 bits per heavy atom. The maximum atomic E-state index is 10.9. The summed E-state index contributed by atoms with van der Waals surface area (Å²) in [5, 5.41) is 21.5. The van der Waals surface area contributed by atoms with Gasteiger partial charge in [-0.2, -0.15) is 0 Å². The molecular formula is C10H8N4O3S3. The lowest BCUT2D eigenvalue weighted by Crippen LogP contribution is -2.04. The average molecular weight is 328 g/mol. The van der Waals surface area contributed by atoms with Crippen molar-refractivity contribution in [2.75, 3.05) is 5.32 Å². The standard InChI is InChI=1S/C10H8N4O3S3/c1-6(15)11-9-12-13-10(18-9)20-19-8-5-3-2-4-7(8)14(16)17/h2-5H,1H3,(H,11,12,15). The minimum Gasteiger partial charge on any atom is -0.301 e. The third-order valence-electron chi connectivity index (χ3n) is 1.95. The lowest BCUT2D eigenvalue weighted by Gasteiger charge is -1.99. The van der Waals surface area contributed by atoms with Gasteiger partial charge in [-0.25, -0.2) is 0 Å². The van der Waals surface area contributed by atoms with Crippen LogP contribution in [-0.2, 0) is 4.79 Å². The van der Waals surface area contributed by atoms with Crippen LogP contribution >= 0.6 is 32.9 Å². The SMILES string of the molecule is CC(=O)Nc1nnc(SSc2ccccc2[N+](=O)[O-])s1. The van der Waals surface area contributed by atoms with Crippen molar-refractivity contribution in [3.63, 3.8) is 0 Å². The zero-order chi connectivity index (χ0) is 14.5. The molecule has 0 aliphatic rings. The molecule has 20 heavy (non-hydrogen) atoms. The van der Waals surface area contributed by atoms with Crippen molar-refractivity contribution < 1.29 is 9.72 Å². The van der Waals surface area contributed by atoms with Crippen molar-refractivity contribution in [1.82, 2.24) is 10.2 Å². The predicted octanol–water partition coefficient (Wildman–Crippen LogP) is 3.20. The first-order valence-electron chi connectivity index (χ1n) is 5.25. The van der Waals surface area contributed by atoms with Gasteiger partial charge in [0.25, 0.3) is 5.69 Å². The number of benzene rings is 1. The van der Waals surface area contributed by atoms with Crippen LogP contribution in [0.2, 0.25) is 0 Å². The van der Waals surface area contributed by atoms with Gasteiger partial charge < -0.3 is 5.32 Å². The summed E-state index contributed by atoms with van der Waals surface area (Å²) in [6.45, 7) is 1.39. The minimum absolute atomic E-state index is 0.0524. The van der Waals surface area contributed by atoms with Crippen molar-refractivity contribution in [3.05, 3.63) is 34.4 Å². The highest BCUT2D eigenvalue weighted by Gasteiger charge is 2.14. The lowest BCUT2D eigenvalue weighted by molar-refractivity contribution is -0.387. The number of carbonyl (C=O) groups is 1. The Morgan fingerprint density at radius 3 is 2.80 bits per heavy atom. The van der Waals surface area contributed by atoms with Gasteiger partial charge in [0, 0.05) is 13.0 Å². The molecule has 0 unspecified atom stereocenters. The van der Waals surface area contributed by atoms with Crippen molar-refractivity contribution >= 4 is 49.7 Å². The van der Waals surface area contributed by atoms with E-state index in [1.54, 1.807) is 18.2 Å². The Hall–Kier alpha value is -1.65. The molecule has 2 rings (SSSR count). The van der Waals surface area contributed by atoms with E-state index in [1.165, 1.54) is 45.9 Å². The summed E-state index contributed by atoms with van der Waals surface area (Å²) in [5.41, 5.74) is 0.0524. The number of carbonyl (C=O) groups excluding carboxylic acids is 1. The molecule has 1 heterocycles. The molecule has 10 heteroatoms. The van der Waals surface area contributed by atoms with E-state index >= 15 is 0 Å². The van der Waals surface area contributed by atoms with E-state index in [4.69, 9.17) is 0 Å². The lowest BCUT2D eigenvalue weighted by atomic mass is 10.3. The summed E-state index contributed by atoms with van der Waals surface area (Å²) in [7, 11) is 2.49. The fourth-order valence-electron chi connectivity index (χ4n) is 1.20. The molecule has 1 amide bonds. The monoisotopic (exact) mass is 328 g/mol. The van der Waals surface area contributed by atoms with E-state index in [2.05, 4.69) is 15.5 Å². The van der Waals surface area contributed by atoms with Crippen LogP contribution in [0.4, 0.5) is 10.8 Å². The van der Waals surface area contributed by atoms with Crippen molar-refractivity contribution in [3.8, 4) is 0 Å². The number of amides is 1. The van der Waals surface area contributed by atoms with Crippen LogP contribution in [0, 0.1) is 10.1 Å². The highest BCUT2D eigenvalue weighted by molar-refractivity contribution is 8.77. The van der Waals surface area contributed by atoms with Crippen LogP contribution in [-0.4, -0.2) is 21.0 Å². The Morgan fingerprint density at radius 2 is 2.10 bits per heavy atom. The Kier molecular flexibility index (Phi) is 4.93. The second-order valence-corrected chi connectivity index (χ2v) is 6.84. The number of hydrogen-bond acceptors (Lipinski definition) is 8. The summed E-state index contributed by atoms with van der Waals surface area (Å²) < 4.78 is 0.608. The number of nitrogens with zero attached hydrogens (tertiary/aromatic N) is 3. The maximum Gasteiger partial charge on any atom is 0.283 e. The second kappa shape index (κ2) is 6.68. The average Bonchev–Trinajstić information content (AvgIpc) is 2.83. The number of hydrogen-bond donors (Lipinski definition) is 1. The van der Waals surface area contributed by atoms with Gasteiger partial charge in [0.15, 0.2) is 4.34 Å². The quantitative estimate of drug-likeness (QED) is 0.389. The number of aromatic nitrogens is 2. The Balaban J connectivity index is 2.04. The van der Waals surface area contributed by atoms with Crippen LogP contribution in [0.15, 0.2) is 33.5 Å². The van der Waals surface area contributed by atoms with Gasteiger partial charge in [0.2, 0.25) is 11.0 Å². The van der Waals surface area contributed by atoms with Gasteiger partial charge >= 0.3 is 0 Å². The summed E-state index contributed by atoms with van der Waals surface area (Å²) >= 11 is 1.21. The molecule has 0 atom stereocenters. The first-order chi connectivity index (χ1) is 9.56. The first kappa shape index (κ1) is 14.8. The summed E-state index contributed by atoms with van der Waals surface area (Å²) in [5.74, 6) is -0.218. The second-order valence-electron chi connectivity index (χ2n) is 3.45. The normalized spacial score (nSPS) is 10.2. The zero-order valence-electron chi connectivity index (χ0n) is 10.1. The van der Waals surface area contributed by atoms with Gasteiger partial charge in [-0.15, -0.1) is 10.2 Å². The van der Waals surface area contributed by atoms with Crippen molar-refractivity contribution in [1.29, 1.82) is 0 Å². The molecule has 0 radical (unpaired) electrons. The molecular weight excluding hydrogens is 320 g/mol. The van der Waals surface area contributed by atoms with E-state index in [0.717, 1.165) is 0 Å². The number of rotatable bonds is 5. The number of nitro benzene ring substituents is 1. The smallest absolute Gasteiger partial charge is 0.283 e. The van der Waals surface area contributed by atoms with Gasteiger partial charge in [0.05, 0.1) is 9.82 Å². The first-order valence-corrected chi connectivity index (χ1v) is 8.22. The molecule has 1 N–H and O–H groups in total. The summed E-state index contributed by atoms with van der Waals surface area (Å²) in [6, 6.07) is 6.47. The minimum atomic E-state index is -0.425. The van der Waals surface area contributed by atoms with Gasteiger partial charge in [-0.3, -0.25) is 14.9 Å². The predicted molar refractivity (Wildman–Crippen MR) is 79.0 cm³/mol. The molecule has 2 aromatic rings. The third-order valence-corrected chi connectivity index (χ3v) is 5.50. The van der Waals surface area contributed by atoms with Crippen LogP contribution in [0.5, 0.6) is 0 Å². The Bertz CT molecular complexity index is 646. The van der Waals surface area contributed by atoms with E-state index in [-0.39, 0.29) is 11.6 Å². The summed E-state index contributed by atoms with van der Waals surface area (Å²) in [6.07, 6.45) is 0. The van der Waals surface area contributed by atoms with E-state index in [9.17, 15) is 14.9 Å². The highest BCUT2D eigenvalue weighted by Crippen LogP contribution is 2.42. The Labute approximate surface area is 125 Å². The molecule has 0 fully saturated rings. The zero-order valence-corrected chi connectivity index (χ0v) is 12.6. The number of nitro groups is 1. The van der Waals surface area contributed by atoms with E-state index in [1.807, 2.05) is 0 Å². The molecule has 1 aromatic carbocycles. The molecule has 0 saturated heterocycles. The molecule has 0 bridgehead atoms. The molecule has 0 aliphatic heterocycles. The molecule has 7 nitrogen and oxygen atoms in total. The van der Waals surface area contributed by atoms with Gasteiger partial charge in [0.1, 0.15) is 0 Å². The molecule has 0 aliphatic carbocycles. The number of anilines is 1. The fraction of sp³-hybridized carbons (Fsp3) is 0.100. The molecule has 0 saturated carbocycles. The summed E-state index contributed by atoms with van der Waals surface area (Å²) in [4.78, 5) is 21.8. The van der Waals surface area contributed by atoms with Crippen LogP contribution in [0.3, 0.4) is 0 Å². The molecule has 104 valence electrons. The van der Waals surface area contributed by atoms with Crippen molar-refractivity contribution in [2.24, 2.45) is 0 Å². The number of nitrogens with one attached hydrogen (secondary N) is 1. The molecule has 1 aromatic heterocycles. The third kappa shape index (κ3) is 3.92. The topological polar surface area (TPSA) is 98.0 Å². The fourth-order valence-corrected chi connectivity index (χ4v) is 4.32. The highest BCUT2D eigenvalue weighted by atomic mass is 33.1. The van der Waals surface area contributed by atoms with Gasteiger partial charge in [-0.05, 0) is 27.7 Å². The van der Waals surface area contributed by atoms with E-state index in [0.29, 0.717) is 14.4 Å². The van der Waals surface area contributed by atoms with E-state index < -0.39 is 4.92 Å². The van der Waals surface area contributed by atoms with Gasteiger partial charge in [-0.1, -0.05) is 23.5 Å². The maximum absolute atomic E-state index is 10.9. The number of para-hydroxylation sites is 1. The van der Waals surface area contributed by atoms with Crippen LogP contribution in [0.1, 0.15) is 6.92 Å².